The van der Waals surface area contributed by atoms with Crippen LogP contribution in [0.15, 0.2) is 87.8 Å². The molecule has 4 aromatic carbocycles. The Labute approximate surface area is 147 Å². The smallest absolute Gasteiger partial charge is 0.143 e. The van der Waals surface area contributed by atoms with Crippen molar-refractivity contribution < 1.29 is 4.42 Å². The molecule has 0 fully saturated rings. The predicted molar refractivity (Wildman–Crippen MR) is 104 cm³/mol. The molecule has 114 valence electrons. The molecule has 1 aromatic heterocycles. The van der Waals surface area contributed by atoms with Crippen LogP contribution in [0, 0.1) is 0 Å². The van der Waals surface area contributed by atoms with Crippen molar-refractivity contribution in [1.82, 2.24) is 0 Å². The van der Waals surface area contributed by atoms with Gasteiger partial charge in [-0.2, -0.15) is 0 Å². The Morgan fingerprint density at radius 2 is 1.42 bits per heavy atom. The Morgan fingerprint density at radius 1 is 0.667 bits per heavy atom. The molecule has 0 atom stereocenters. The van der Waals surface area contributed by atoms with E-state index in [1.807, 2.05) is 0 Å². The van der Waals surface area contributed by atoms with Gasteiger partial charge in [-0.3, -0.25) is 0 Å². The van der Waals surface area contributed by atoms with E-state index in [1.54, 1.807) is 0 Å². The first-order valence-corrected chi connectivity index (χ1v) is 8.69. The average molecular weight is 373 g/mol. The highest BCUT2D eigenvalue weighted by atomic mass is 79.9. The van der Waals surface area contributed by atoms with E-state index in [0.29, 0.717) is 0 Å². The molecule has 1 heterocycles. The normalized spacial score (nSPS) is 11.5. The molecule has 1 nitrogen and oxygen atoms in total. The molecule has 0 aliphatic carbocycles. The van der Waals surface area contributed by atoms with Gasteiger partial charge in [0.05, 0.1) is 0 Å². The fraction of sp³-hybridized carbons (Fsp3) is 0. The molecule has 0 saturated heterocycles. The first-order valence-electron chi connectivity index (χ1n) is 7.89. The molecule has 0 N–H and O–H groups in total. The van der Waals surface area contributed by atoms with Gasteiger partial charge in [0, 0.05) is 20.8 Å². The highest BCUT2D eigenvalue weighted by Gasteiger charge is 2.12. The Balaban J connectivity index is 1.86. The van der Waals surface area contributed by atoms with Gasteiger partial charge in [-0.1, -0.05) is 70.5 Å². The summed E-state index contributed by atoms with van der Waals surface area (Å²) in [6.07, 6.45) is 0. The molecule has 5 rings (SSSR count). The number of hydrogen-bond acceptors (Lipinski definition) is 1. The number of hydrogen-bond donors (Lipinski definition) is 0. The van der Waals surface area contributed by atoms with E-state index in [4.69, 9.17) is 4.42 Å². The zero-order chi connectivity index (χ0) is 16.1. The summed E-state index contributed by atoms with van der Waals surface area (Å²) in [6, 6.07) is 27.5. The largest absolute Gasteiger partial charge is 0.455 e. The van der Waals surface area contributed by atoms with Gasteiger partial charge in [-0.25, -0.2) is 0 Å². The lowest BCUT2D eigenvalue weighted by molar-refractivity contribution is 0.670. The molecule has 24 heavy (non-hydrogen) atoms. The van der Waals surface area contributed by atoms with Gasteiger partial charge in [-0.05, 0) is 40.6 Å². The van der Waals surface area contributed by atoms with Crippen LogP contribution in [-0.4, -0.2) is 0 Å². The minimum Gasteiger partial charge on any atom is -0.455 e. The van der Waals surface area contributed by atoms with Crippen molar-refractivity contribution in [3.05, 3.63) is 83.3 Å². The van der Waals surface area contributed by atoms with Gasteiger partial charge in [0.2, 0.25) is 0 Å². The highest BCUT2D eigenvalue weighted by Crippen LogP contribution is 2.37. The third kappa shape index (κ3) is 2.07. The molecule has 0 aliphatic rings. The molecule has 0 bridgehead atoms. The summed E-state index contributed by atoms with van der Waals surface area (Å²) in [5.74, 6) is 0. The summed E-state index contributed by atoms with van der Waals surface area (Å²) in [6.45, 7) is 0. The minimum atomic E-state index is 0.938. The zero-order valence-corrected chi connectivity index (χ0v) is 14.4. The molecule has 0 spiro atoms. The maximum Gasteiger partial charge on any atom is 0.143 e. The van der Waals surface area contributed by atoms with Crippen LogP contribution in [0.2, 0.25) is 0 Å². The highest BCUT2D eigenvalue weighted by molar-refractivity contribution is 9.10. The summed E-state index contributed by atoms with van der Waals surface area (Å²) in [5, 5.41) is 4.77. The van der Waals surface area contributed by atoms with Gasteiger partial charge in [0.15, 0.2) is 0 Å². The Hall–Kier alpha value is -2.58. The van der Waals surface area contributed by atoms with Crippen molar-refractivity contribution in [3.8, 4) is 11.1 Å². The van der Waals surface area contributed by atoms with Gasteiger partial charge in [-0.15, -0.1) is 0 Å². The maximum atomic E-state index is 6.26. The second-order valence-electron chi connectivity index (χ2n) is 5.99. The monoisotopic (exact) mass is 372 g/mol. The summed E-state index contributed by atoms with van der Waals surface area (Å²) < 4.78 is 7.34. The number of para-hydroxylation sites is 1. The number of fused-ring (bicyclic) bond motifs is 4. The van der Waals surface area contributed by atoms with Crippen molar-refractivity contribution in [2.45, 2.75) is 0 Å². The molecule has 5 aromatic rings. The molecular formula is C22H13BrO. The van der Waals surface area contributed by atoms with E-state index in [0.717, 1.165) is 32.2 Å². The maximum absolute atomic E-state index is 6.26. The van der Waals surface area contributed by atoms with Crippen LogP contribution in [0.3, 0.4) is 0 Å². The van der Waals surface area contributed by atoms with Crippen LogP contribution in [-0.2, 0) is 0 Å². The Morgan fingerprint density at radius 3 is 2.21 bits per heavy atom. The van der Waals surface area contributed by atoms with E-state index in [9.17, 15) is 0 Å². The van der Waals surface area contributed by atoms with Crippen molar-refractivity contribution in [1.29, 1.82) is 0 Å². The number of rotatable bonds is 1. The second-order valence-corrected chi connectivity index (χ2v) is 6.90. The van der Waals surface area contributed by atoms with E-state index in [-0.39, 0.29) is 0 Å². The van der Waals surface area contributed by atoms with Gasteiger partial charge >= 0.3 is 0 Å². The van der Waals surface area contributed by atoms with Crippen LogP contribution >= 0.6 is 15.9 Å². The minimum absolute atomic E-state index is 0.938. The number of benzene rings is 4. The first kappa shape index (κ1) is 13.8. The summed E-state index contributed by atoms with van der Waals surface area (Å²) in [4.78, 5) is 0. The Kier molecular flexibility index (Phi) is 3.00. The van der Waals surface area contributed by atoms with E-state index in [2.05, 4.69) is 94.8 Å². The number of furan rings is 1. The molecule has 0 radical (unpaired) electrons. The van der Waals surface area contributed by atoms with Gasteiger partial charge in [0.25, 0.3) is 0 Å². The standard InChI is InChI=1S/C22H13BrO/c23-17-10-8-14(9-11-17)18-6-3-7-19-20-12-15-4-1-2-5-16(15)13-21(20)24-22(18)19/h1-13H. The van der Waals surface area contributed by atoms with E-state index >= 15 is 0 Å². The second kappa shape index (κ2) is 5.22. The Bertz CT molecular complexity index is 1200. The van der Waals surface area contributed by atoms with Gasteiger partial charge < -0.3 is 4.42 Å². The van der Waals surface area contributed by atoms with E-state index < -0.39 is 0 Å². The van der Waals surface area contributed by atoms with Crippen LogP contribution in [0.1, 0.15) is 0 Å². The van der Waals surface area contributed by atoms with Crippen molar-refractivity contribution in [2.75, 3.05) is 0 Å². The fourth-order valence-corrected chi connectivity index (χ4v) is 3.60. The summed E-state index contributed by atoms with van der Waals surface area (Å²) >= 11 is 3.50. The SMILES string of the molecule is Brc1ccc(-c2cccc3c2oc2cc4ccccc4cc23)cc1. The fourth-order valence-electron chi connectivity index (χ4n) is 3.34. The molecule has 0 aliphatic heterocycles. The van der Waals surface area contributed by atoms with Gasteiger partial charge in [0.1, 0.15) is 11.2 Å². The molecule has 2 heteroatoms. The summed E-state index contributed by atoms with van der Waals surface area (Å²) in [7, 11) is 0. The van der Waals surface area contributed by atoms with Crippen molar-refractivity contribution in [2.24, 2.45) is 0 Å². The van der Waals surface area contributed by atoms with Crippen LogP contribution in [0.25, 0.3) is 43.8 Å². The van der Waals surface area contributed by atoms with Crippen LogP contribution < -0.4 is 0 Å². The number of halogens is 1. The third-order valence-electron chi connectivity index (χ3n) is 4.52. The van der Waals surface area contributed by atoms with Crippen molar-refractivity contribution in [3.63, 3.8) is 0 Å². The van der Waals surface area contributed by atoms with Crippen molar-refractivity contribution >= 4 is 48.6 Å². The molecule has 0 saturated carbocycles. The first-order chi connectivity index (χ1) is 11.8. The lowest BCUT2D eigenvalue weighted by Gasteiger charge is -2.02. The van der Waals surface area contributed by atoms with Crippen LogP contribution in [0.5, 0.6) is 0 Å². The third-order valence-corrected chi connectivity index (χ3v) is 5.05. The van der Waals surface area contributed by atoms with E-state index in [1.165, 1.54) is 16.2 Å². The predicted octanol–water partition coefficient (Wildman–Crippen LogP) is 7.17. The molecule has 0 unspecified atom stereocenters. The van der Waals surface area contributed by atoms with Crippen LogP contribution in [0.4, 0.5) is 0 Å². The quantitative estimate of drug-likeness (QED) is 0.304. The summed E-state index contributed by atoms with van der Waals surface area (Å²) in [5.41, 5.74) is 4.17. The molecular weight excluding hydrogens is 360 g/mol. The zero-order valence-electron chi connectivity index (χ0n) is 12.8. The average Bonchev–Trinajstić information content (AvgIpc) is 2.98. The topological polar surface area (TPSA) is 13.1 Å². The lowest BCUT2D eigenvalue weighted by atomic mass is 10.0. The lowest BCUT2D eigenvalue weighted by Crippen LogP contribution is -1.78. The molecule has 0 amide bonds.